The third-order valence-electron chi connectivity index (χ3n) is 3.55. The average molecular weight is 378 g/mol. The van der Waals surface area contributed by atoms with E-state index in [-0.39, 0.29) is 13.2 Å². The second-order valence-corrected chi connectivity index (χ2v) is 5.78. The van der Waals surface area contributed by atoms with Crippen LogP contribution < -0.4 is 5.32 Å². The van der Waals surface area contributed by atoms with Gasteiger partial charge in [-0.3, -0.25) is 9.78 Å². The maximum absolute atomic E-state index is 11.4. The SMILES string of the molecule is CCCCOC(=O)CNC(=O)OCCC#CC#Cc1cnc2ccccc2c1. The molecule has 6 nitrogen and oxygen atoms in total. The molecule has 144 valence electrons. The zero-order valence-corrected chi connectivity index (χ0v) is 15.8. The lowest BCUT2D eigenvalue weighted by molar-refractivity contribution is -0.142. The summed E-state index contributed by atoms with van der Waals surface area (Å²) in [5, 5.41) is 3.35. The number of nitrogens with zero attached hydrogens (tertiary/aromatic N) is 1. The van der Waals surface area contributed by atoms with Crippen molar-refractivity contribution in [2.24, 2.45) is 0 Å². The molecule has 0 bridgehead atoms. The molecular formula is C22H22N2O4. The predicted molar refractivity (Wildman–Crippen MR) is 106 cm³/mol. The van der Waals surface area contributed by atoms with Crippen molar-refractivity contribution in [1.82, 2.24) is 10.3 Å². The fourth-order valence-corrected chi connectivity index (χ4v) is 2.12. The highest BCUT2D eigenvalue weighted by Gasteiger charge is 2.06. The lowest BCUT2D eigenvalue weighted by atomic mass is 10.2. The lowest BCUT2D eigenvalue weighted by Gasteiger charge is -2.06. The molecule has 0 saturated heterocycles. The molecule has 0 aliphatic carbocycles. The Morgan fingerprint density at radius 3 is 2.86 bits per heavy atom. The summed E-state index contributed by atoms with van der Waals surface area (Å²) in [4.78, 5) is 27.1. The van der Waals surface area contributed by atoms with Crippen molar-refractivity contribution < 1.29 is 19.1 Å². The van der Waals surface area contributed by atoms with Crippen LogP contribution in [0.2, 0.25) is 0 Å². The summed E-state index contributed by atoms with van der Waals surface area (Å²) in [6.45, 7) is 2.26. The first-order valence-corrected chi connectivity index (χ1v) is 9.09. The number of para-hydroxylation sites is 1. The minimum atomic E-state index is -0.678. The second-order valence-electron chi connectivity index (χ2n) is 5.78. The van der Waals surface area contributed by atoms with Crippen LogP contribution in [0.15, 0.2) is 36.5 Å². The number of hydrogen-bond donors (Lipinski definition) is 1. The van der Waals surface area contributed by atoms with Gasteiger partial charge in [0.05, 0.1) is 12.1 Å². The molecule has 2 rings (SSSR count). The maximum Gasteiger partial charge on any atom is 0.407 e. The molecule has 1 N–H and O–H groups in total. The summed E-state index contributed by atoms with van der Waals surface area (Å²) in [5.41, 5.74) is 1.71. The van der Waals surface area contributed by atoms with E-state index in [9.17, 15) is 9.59 Å². The normalized spacial score (nSPS) is 9.46. The van der Waals surface area contributed by atoms with Crippen LogP contribution >= 0.6 is 0 Å². The van der Waals surface area contributed by atoms with E-state index < -0.39 is 12.1 Å². The highest BCUT2D eigenvalue weighted by atomic mass is 16.6. The molecule has 0 atom stereocenters. The van der Waals surface area contributed by atoms with Crippen molar-refractivity contribution in [1.29, 1.82) is 0 Å². The number of amides is 1. The number of carbonyl (C=O) groups is 2. The Kier molecular flexibility index (Phi) is 8.90. The van der Waals surface area contributed by atoms with Crippen LogP contribution in [-0.2, 0) is 14.3 Å². The third kappa shape index (κ3) is 7.80. The molecule has 0 unspecified atom stereocenters. The standard InChI is InChI=1S/C22H22N2O4/c1-2-3-13-27-21(25)17-24-22(26)28-14-9-5-4-6-10-18-15-19-11-7-8-12-20(19)23-16-18/h7-8,11-12,15-16H,2-3,9,13-14,17H2,1H3,(H,24,26). The number of ether oxygens (including phenoxy) is 2. The topological polar surface area (TPSA) is 77.5 Å². The Bertz CT molecular complexity index is 932. The van der Waals surface area contributed by atoms with Crippen LogP contribution in [0.4, 0.5) is 4.79 Å². The monoisotopic (exact) mass is 378 g/mol. The number of benzene rings is 1. The van der Waals surface area contributed by atoms with Crippen molar-refractivity contribution in [3.63, 3.8) is 0 Å². The van der Waals surface area contributed by atoms with E-state index in [1.165, 1.54) is 0 Å². The lowest BCUT2D eigenvalue weighted by Crippen LogP contribution is -2.31. The maximum atomic E-state index is 11.4. The van der Waals surface area contributed by atoms with Gasteiger partial charge in [-0.15, -0.1) is 0 Å². The molecule has 0 radical (unpaired) electrons. The minimum absolute atomic E-state index is 0.114. The van der Waals surface area contributed by atoms with Crippen molar-refractivity contribution in [2.45, 2.75) is 26.2 Å². The molecule has 0 fully saturated rings. The van der Waals surface area contributed by atoms with E-state index in [0.717, 1.165) is 29.3 Å². The Hall–Kier alpha value is -3.51. The number of rotatable bonds is 7. The molecule has 0 spiro atoms. The molecule has 0 saturated carbocycles. The highest BCUT2D eigenvalue weighted by Crippen LogP contribution is 2.11. The van der Waals surface area contributed by atoms with E-state index in [1.807, 2.05) is 37.3 Å². The first-order chi connectivity index (χ1) is 13.7. The van der Waals surface area contributed by atoms with Gasteiger partial charge in [0, 0.05) is 23.6 Å². The van der Waals surface area contributed by atoms with Gasteiger partial charge >= 0.3 is 12.1 Å². The Labute approximate surface area is 164 Å². The number of pyridine rings is 1. The van der Waals surface area contributed by atoms with Crippen molar-refractivity contribution in [2.75, 3.05) is 19.8 Å². The molecule has 1 aromatic heterocycles. The molecule has 1 aromatic carbocycles. The molecule has 6 heteroatoms. The highest BCUT2D eigenvalue weighted by molar-refractivity contribution is 5.79. The fourth-order valence-electron chi connectivity index (χ4n) is 2.12. The largest absolute Gasteiger partial charge is 0.464 e. The van der Waals surface area contributed by atoms with Crippen LogP contribution in [0.1, 0.15) is 31.7 Å². The Morgan fingerprint density at radius 1 is 1.14 bits per heavy atom. The van der Waals surface area contributed by atoms with Crippen molar-refractivity contribution in [3.05, 3.63) is 42.1 Å². The number of hydrogen-bond acceptors (Lipinski definition) is 5. The Morgan fingerprint density at radius 2 is 2.00 bits per heavy atom. The van der Waals surface area contributed by atoms with Gasteiger partial charge in [-0.25, -0.2) is 4.79 Å². The van der Waals surface area contributed by atoms with Gasteiger partial charge in [-0.1, -0.05) is 43.4 Å². The van der Waals surface area contributed by atoms with Crippen LogP contribution in [0.25, 0.3) is 10.9 Å². The molecule has 28 heavy (non-hydrogen) atoms. The van der Waals surface area contributed by atoms with Crippen LogP contribution in [-0.4, -0.2) is 36.8 Å². The number of aromatic nitrogens is 1. The summed E-state index contributed by atoms with van der Waals surface area (Å²) in [6, 6.07) is 9.77. The first-order valence-electron chi connectivity index (χ1n) is 9.09. The van der Waals surface area contributed by atoms with Gasteiger partial charge in [0.1, 0.15) is 13.2 Å². The smallest absolute Gasteiger partial charge is 0.407 e. The molecule has 0 aliphatic rings. The summed E-state index contributed by atoms with van der Waals surface area (Å²) in [7, 11) is 0. The average Bonchev–Trinajstić information content (AvgIpc) is 2.71. The number of unbranched alkanes of at least 4 members (excludes halogenated alkanes) is 1. The van der Waals surface area contributed by atoms with Gasteiger partial charge in [-0.05, 0) is 30.4 Å². The van der Waals surface area contributed by atoms with Crippen molar-refractivity contribution in [3.8, 4) is 23.7 Å². The number of fused-ring (bicyclic) bond motifs is 1. The first kappa shape index (κ1) is 20.8. The van der Waals surface area contributed by atoms with Gasteiger partial charge in [-0.2, -0.15) is 0 Å². The van der Waals surface area contributed by atoms with E-state index >= 15 is 0 Å². The second kappa shape index (κ2) is 12.0. The Balaban J connectivity index is 1.65. The van der Waals surface area contributed by atoms with Gasteiger partial charge < -0.3 is 14.8 Å². The van der Waals surface area contributed by atoms with E-state index in [1.54, 1.807) is 6.20 Å². The number of alkyl carbamates (subject to hydrolysis) is 1. The number of nitrogens with one attached hydrogen (secondary N) is 1. The van der Waals surface area contributed by atoms with Gasteiger partial charge in [0.15, 0.2) is 0 Å². The van der Waals surface area contributed by atoms with E-state index in [0.29, 0.717) is 13.0 Å². The quantitative estimate of drug-likeness (QED) is 0.455. The summed E-state index contributed by atoms with van der Waals surface area (Å²) in [5.74, 6) is 10.7. The van der Waals surface area contributed by atoms with E-state index in [4.69, 9.17) is 9.47 Å². The molecule has 0 aliphatic heterocycles. The third-order valence-corrected chi connectivity index (χ3v) is 3.55. The molecular weight excluding hydrogens is 356 g/mol. The summed E-state index contributed by atoms with van der Waals surface area (Å²) < 4.78 is 9.82. The molecule has 1 amide bonds. The molecule has 2 aromatic rings. The van der Waals surface area contributed by atoms with Crippen molar-refractivity contribution >= 4 is 23.0 Å². The number of esters is 1. The predicted octanol–water partition coefficient (Wildman–Crippen LogP) is 3.05. The summed E-state index contributed by atoms with van der Waals surface area (Å²) >= 11 is 0. The van der Waals surface area contributed by atoms with Crippen LogP contribution in [0, 0.1) is 23.7 Å². The summed E-state index contributed by atoms with van der Waals surface area (Å²) in [6.07, 6.45) is 3.11. The number of carbonyl (C=O) groups excluding carboxylic acids is 2. The minimum Gasteiger partial charge on any atom is -0.464 e. The van der Waals surface area contributed by atoms with Crippen LogP contribution in [0.5, 0.6) is 0 Å². The zero-order chi connectivity index (χ0) is 20.0. The van der Waals surface area contributed by atoms with Gasteiger partial charge in [0.25, 0.3) is 0 Å². The van der Waals surface area contributed by atoms with Gasteiger partial charge in [0.2, 0.25) is 0 Å². The van der Waals surface area contributed by atoms with Crippen LogP contribution in [0.3, 0.4) is 0 Å². The van der Waals surface area contributed by atoms with E-state index in [2.05, 4.69) is 34.0 Å². The fraction of sp³-hybridized carbons (Fsp3) is 0.318. The molecule has 1 heterocycles. The zero-order valence-electron chi connectivity index (χ0n) is 15.8.